The van der Waals surface area contributed by atoms with Gasteiger partial charge in [0.05, 0.1) is 11.0 Å². The number of nitro groups is 1. The molecule has 10 heteroatoms. The van der Waals surface area contributed by atoms with Gasteiger partial charge in [0.2, 0.25) is 17.6 Å². The van der Waals surface area contributed by atoms with Gasteiger partial charge in [0.15, 0.2) is 0 Å². The van der Waals surface area contributed by atoms with Crippen molar-refractivity contribution in [1.29, 1.82) is 0 Å². The second kappa shape index (κ2) is 7.49. The summed E-state index contributed by atoms with van der Waals surface area (Å²) in [5, 5.41) is 17.8. The van der Waals surface area contributed by atoms with Crippen molar-refractivity contribution < 1.29 is 9.66 Å². The first-order valence-corrected chi connectivity index (χ1v) is 8.10. The lowest BCUT2D eigenvalue weighted by Crippen LogP contribution is -2.20. The van der Waals surface area contributed by atoms with E-state index < -0.39 is 4.92 Å². The maximum absolute atomic E-state index is 11.3. The van der Waals surface area contributed by atoms with Crippen molar-refractivity contribution in [1.82, 2.24) is 9.97 Å². The summed E-state index contributed by atoms with van der Waals surface area (Å²) < 4.78 is 5.52. The molecule has 0 aliphatic carbocycles. The maximum atomic E-state index is 11.3. The van der Waals surface area contributed by atoms with E-state index in [9.17, 15) is 10.1 Å². The summed E-state index contributed by atoms with van der Waals surface area (Å²) in [6, 6.07) is 6.70. The molecule has 4 N–H and O–H groups in total. The molecule has 1 aliphatic heterocycles. The molecule has 1 aromatic carbocycles. The normalized spacial score (nSPS) is 16.6. The highest BCUT2D eigenvalue weighted by Crippen LogP contribution is 2.31. The number of nitrogens with one attached hydrogen (secondary N) is 2. The first-order chi connectivity index (χ1) is 12.0. The highest BCUT2D eigenvalue weighted by Gasteiger charge is 2.24. The maximum Gasteiger partial charge on any atom is 0.353 e. The Hall–Kier alpha value is -2.65. The summed E-state index contributed by atoms with van der Waals surface area (Å²) in [6.07, 6.45) is 2.04. The van der Waals surface area contributed by atoms with Crippen molar-refractivity contribution in [3.63, 3.8) is 0 Å². The Morgan fingerprint density at radius 2 is 2.12 bits per heavy atom. The number of hydrogen-bond acceptors (Lipinski definition) is 8. The lowest BCUT2D eigenvalue weighted by molar-refractivity contribution is -0.383. The molecule has 1 fully saturated rings. The van der Waals surface area contributed by atoms with Crippen LogP contribution < -0.4 is 16.4 Å². The molecule has 0 amide bonds. The second-order valence-corrected chi connectivity index (χ2v) is 5.97. The van der Waals surface area contributed by atoms with Gasteiger partial charge in [0.25, 0.3) is 0 Å². The fourth-order valence-corrected chi connectivity index (χ4v) is 2.62. The number of aromatic nitrogens is 2. The topological polar surface area (TPSA) is 128 Å². The van der Waals surface area contributed by atoms with E-state index in [1.807, 2.05) is 0 Å². The molecule has 1 saturated heterocycles. The van der Waals surface area contributed by atoms with Crippen LogP contribution in [-0.4, -0.2) is 34.1 Å². The zero-order valence-corrected chi connectivity index (χ0v) is 14.0. The molecule has 0 spiro atoms. The van der Waals surface area contributed by atoms with E-state index in [0.29, 0.717) is 17.3 Å². The summed E-state index contributed by atoms with van der Waals surface area (Å²) in [4.78, 5) is 18.9. The molecule has 2 aromatic rings. The van der Waals surface area contributed by atoms with E-state index in [4.69, 9.17) is 22.1 Å². The van der Waals surface area contributed by atoms with Crippen molar-refractivity contribution >= 4 is 40.6 Å². The van der Waals surface area contributed by atoms with Crippen LogP contribution in [0.5, 0.6) is 0 Å². The van der Waals surface area contributed by atoms with Gasteiger partial charge < -0.3 is 21.1 Å². The van der Waals surface area contributed by atoms with Gasteiger partial charge in [-0.3, -0.25) is 10.1 Å². The predicted molar refractivity (Wildman–Crippen MR) is 95.3 cm³/mol. The SMILES string of the molecule is Nc1nc(NC[C@H]2CCCO2)nc(Nc2ccc(Cl)cc2)c1[N+](=O)[O-]. The van der Waals surface area contributed by atoms with Crippen LogP contribution in [0.4, 0.5) is 29.0 Å². The Morgan fingerprint density at radius 1 is 1.36 bits per heavy atom. The molecule has 9 nitrogen and oxygen atoms in total. The molecule has 1 aromatic heterocycles. The largest absolute Gasteiger partial charge is 0.378 e. The minimum atomic E-state index is -0.614. The lowest BCUT2D eigenvalue weighted by Gasteiger charge is -2.13. The number of anilines is 4. The molecule has 0 bridgehead atoms. The number of halogens is 1. The zero-order valence-electron chi connectivity index (χ0n) is 13.2. The fraction of sp³-hybridized carbons (Fsp3) is 0.333. The van der Waals surface area contributed by atoms with E-state index in [1.165, 1.54) is 0 Å². The molecule has 0 saturated carbocycles. The third kappa shape index (κ3) is 4.25. The van der Waals surface area contributed by atoms with Gasteiger partial charge >= 0.3 is 5.69 Å². The Labute approximate surface area is 148 Å². The monoisotopic (exact) mass is 364 g/mol. The summed E-state index contributed by atoms with van der Waals surface area (Å²) in [5.74, 6) is -0.00368. The molecule has 0 radical (unpaired) electrons. The molecule has 25 heavy (non-hydrogen) atoms. The first kappa shape index (κ1) is 17.2. The van der Waals surface area contributed by atoms with Crippen LogP contribution in [0.2, 0.25) is 5.02 Å². The number of hydrogen-bond donors (Lipinski definition) is 3. The Balaban J connectivity index is 1.84. The number of nitrogen functional groups attached to an aromatic ring is 1. The van der Waals surface area contributed by atoms with Crippen LogP contribution in [0.15, 0.2) is 24.3 Å². The second-order valence-electron chi connectivity index (χ2n) is 5.53. The van der Waals surface area contributed by atoms with Gasteiger partial charge in [-0.2, -0.15) is 9.97 Å². The lowest BCUT2D eigenvalue weighted by atomic mass is 10.2. The average molecular weight is 365 g/mol. The van der Waals surface area contributed by atoms with Crippen molar-refractivity contribution in [3.8, 4) is 0 Å². The summed E-state index contributed by atoms with van der Waals surface area (Å²) in [7, 11) is 0. The van der Waals surface area contributed by atoms with Crippen molar-refractivity contribution in [2.45, 2.75) is 18.9 Å². The van der Waals surface area contributed by atoms with E-state index >= 15 is 0 Å². The van der Waals surface area contributed by atoms with Gasteiger partial charge in [-0.1, -0.05) is 11.6 Å². The Morgan fingerprint density at radius 3 is 2.76 bits per heavy atom. The average Bonchev–Trinajstić information content (AvgIpc) is 3.08. The van der Waals surface area contributed by atoms with Crippen LogP contribution in [0, 0.1) is 10.1 Å². The molecule has 132 valence electrons. The summed E-state index contributed by atoms with van der Waals surface area (Å²) in [6.45, 7) is 1.25. The molecule has 1 atom stereocenters. The van der Waals surface area contributed by atoms with Crippen LogP contribution in [0.25, 0.3) is 0 Å². The van der Waals surface area contributed by atoms with Crippen molar-refractivity contribution in [2.75, 3.05) is 29.5 Å². The molecule has 3 rings (SSSR count). The number of nitrogens with zero attached hydrogens (tertiary/aromatic N) is 3. The van der Waals surface area contributed by atoms with Crippen LogP contribution in [0.3, 0.4) is 0 Å². The van der Waals surface area contributed by atoms with Crippen molar-refractivity contribution in [3.05, 3.63) is 39.4 Å². The third-order valence-electron chi connectivity index (χ3n) is 3.71. The minimum absolute atomic E-state index is 0.00895. The summed E-state index contributed by atoms with van der Waals surface area (Å²) >= 11 is 5.85. The zero-order chi connectivity index (χ0) is 17.8. The first-order valence-electron chi connectivity index (χ1n) is 7.73. The number of rotatable bonds is 6. The van der Waals surface area contributed by atoms with Gasteiger partial charge in [-0.15, -0.1) is 0 Å². The van der Waals surface area contributed by atoms with Crippen LogP contribution in [0.1, 0.15) is 12.8 Å². The molecule has 0 unspecified atom stereocenters. The van der Waals surface area contributed by atoms with E-state index in [1.54, 1.807) is 24.3 Å². The summed E-state index contributed by atoms with van der Waals surface area (Å²) in [5.41, 5.74) is 5.98. The molecular formula is C15H17ClN6O3. The van der Waals surface area contributed by atoms with Crippen LogP contribution in [-0.2, 0) is 4.74 Å². The predicted octanol–water partition coefficient (Wildman–Crippen LogP) is 2.95. The highest BCUT2D eigenvalue weighted by atomic mass is 35.5. The van der Waals surface area contributed by atoms with E-state index in [2.05, 4.69) is 20.6 Å². The van der Waals surface area contributed by atoms with Gasteiger partial charge in [-0.05, 0) is 37.1 Å². The van der Waals surface area contributed by atoms with E-state index in [-0.39, 0.29) is 29.4 Å². The number of nitrogens with two attached hydrogens (primary N) is 1. The van der Waals surface area contributed by atoms with Crippen molar-refractivity contribution in [2.24, 2.45) is 0 Å². The molecule has 2 heterocycles. The molecule has 1 aliphatic rings. The smallest absolute Gasteiger partial charge is 0.353 e. The fourth-order valence-electron chi connectivity index (χ4n) is 2.50. The van der Waals surface area contributed by atoms with E-state index in [0.717, 1.165) is 19.4 Å². The Kier molecular flexibility index (Phi) is 5.15. The van der Waals surface area contributed by atoms with Gasteiger partial charge in [-0.25, -0.2) is 0 Å². The van der Waals surface area contributed by atoms with Gasteiger partial charge in [0, 0.05) is 23.9 Å². The standard InChI is InChI=1S/C15H17ClN6O3/c16-9-3-5-10(6-4-9)19-14-12(22(23)24)13(17)20-15(21-14)18-8-11-2-1-7-25-11/h3-6,11H,1-2,7-8H2,(H4,17,18,19,20,21)/t11-/m1/s1. The van der Waals surface area contributed by atoms with Gasteiger partial charge in [0.1, 0.15) is 0 Å². The third-order valence-corrected chi connectivity index (χ3v) is 3.96. The minimum Gasteiger partial charge on any atom is -0.378 e. The van der Waals surface area contributed by atoms with Crippen LogP contribution >= 0.6 is 11.6 Å². The number of benzene rings is 1. The highest BCUT2D eigenvalue weighted by molar-refractivity contribution is 6.30. The number of ether oxygens (including phenoxy) is 1. The Bertz CT molecular complexity index is 765. The molecular weight excluding hydrogens is 348 g/mol. The quantitative estimate of drug-likeness (QED) is 0.527.